The number of aromatic amines is 1. The monoisotopic (exact) mass is 288 g/mol. The first-order valence-corrected chi connectivity index (χ1v) is 6.96. The van der Waals surface area contributed by atoms with E-state index in [9.17, 15) is 21.6 Å². The zero-order valence-corrected chi connectivity index (χ0v) is 10.5. The summed E-state index contributed by atoms with van der Waals surface area (Å²) in [6.07, 6.45) is -4.51. The fourth-order valence-corrected chi connectivity index (χ4v) is 2.12. The van der Waals surface area contributed by atoms with E-state index < -0.39 is 21.7 Å². The molecule has 0 bridgehead atoms. The third-order valence-corrected chi connectivity index (χ3v) is 4.18. The molecule has 0 aliphatic rings. The number of halogens is 3. The number of sulfone groups is 1. The SMILES string of the molecule is CCS(=O)(=O)CCn1[nH]c(C(F)(F)F)cc1=S. The zero-order valence-electron chi connectivity index (χ0n) is 8.91. The fraction of sp³-hybridized carbons (Fsp3) is 0.625. The maximum Gasteiger partial charge on any atom is 0.432 e. The van der Waals surface area contributed by atoms with Crippen LogP contribution >= 0.6 is 12.2 Å². The van der Waals surface area contributed by atoms with Gasteiger partial charge in [-0.1, -0.05) is 19.1 Å². The van der Waals surface area contributed by atoms with Gasteiger partial charge < -0.3 is 0 Å². The number of nitrogens with zero attached hydrogens (tertiary/aromatic N) is 1. The Balaban J connectivity index is 2.88. The molecule has 0 amide bonds. The van der Waals surface area contributed by atoms with Crippen molar-refractivity contribution < 1.29 is 21.6 Å². The molecule has 98 valence electrons. The highest BCUT2D eigenvalue weighted by molar-refractivity contribution is 7.91. The number of hydrogen-bond acceptors (Lipinski definition) is 3. The van der Waals surface area contributed by atoms with Crippen molar-refractivity contribution in [2.45, 2.75) is 19.6 Å². The molecule has 0 saturated heterocycles. The number of H-pyrrole nitrogens is 1. The summed E-state index contributed by atoms with van der Waals surface area (Å²) in [5.74, 6) is -0.289. The minimum absolute atomic E-state index is 0.0485. The summed E-state index contributed by atoms with van der Waals surface area (Å²) < 4.78 is 60.3. The van der Waals surface area contributed by atoms with E-state index in [4.69, 9.17) is 12.2 Å². The molecule has 17 heavy (non-hydrogen) atoms. The Morgan fingerprint density at radius 3 is 2.47 bits per heavy atom. The first-order valence-electron chi connectivity index (χ1n) is 4.73. The van der Waals surface area contributed by atoms with Gasteiger partial charge in [-0.2, -0.15) is 13.2 Å². The molecule has 1 aromatic heterocycles. The van der Waals surface area contributed by atoms with Crippen LogP contribution < -0.4 is 0 Å². The maximum absolute atomic E-state index is 12.3. The number of aromatic nitrogens is 2. The summed E-state index contributed by atoms with van der Waals surface area (Å²) in [5, 5.41) is 2.04. The molecule has 0 aliphatic heterocycles. The van der Waals surface area contributed by atoms with Crippen molar-refractivity contribution in [1.29, 1.82) is 0 Å². The Bertz CT molecular complexity index is 542. The minimum Gasteiger partial charge on any atom is -0.293 e. The van der Waals surface area contributed by atoms with E-state index in [-0.39, 0.29) is 22.7 Å². The molecule has 0 fully saturated rings. The Kier molecular flexibility index (Phi) is 4.03. The fourth-order valence-electron chi connectivity index (χ4n) is 1.12. The molecule has 0 unspecified atom stereocenters. The van der Waals surface area contributed by atoms with E-state index in [0.717, 1.165) is 10.7 Å². The van der Waals surface area contributed by atoms with E-state index in [0.29, 0.717) is 0 Å². The van der Waals surface area contributed by atoms with Gasteiger partial charge in [-0.3, -0.25) is 9.78 Å². The van der Waals surface area contributed by atoms with Crippen molar-refractivity contribution in [3.63, 3.8) is 0 Å². The number of nitrogens with one attached hydrogen (secondary N) is 1. The van der Waals surface area contributed by atoms with E-state index in [1.165, 1.54) is 6.92 Å². The van der Waals surface area contributed by atoms with E-state index in [1.54, 1.807) is 0 Å². The molecule has 1 heterocycles. The van der Waals surface area contributed by atoms with Gasteiger partial charge in [-0.05, 0) is 0 Å². The van der Waals surface area contributed by atoms with Crippen LogP contribution in [0.2, 0.25) is 0 Å². The third kappa shape index (κ3) is 3.84. The molecule has 0 aromatic carbocycles. The molecule has 9 heteroatoms. The van der Waals surface area contributed by atoms with Gasteiger partial charge in [-0.15, -0.1) is 0 Å². The molecular formula is C8H11F3N2O2S2. The molecule has 0 saturated carbocycles. The second-order valence-corrected chi connectivity index (χ2v) is 6.28. The molecule has 1 aromatic rings. The van der Waals surface area contributed by atoms with Crippen LogP contribution in [0, 0.1) is 4.64 Å². The topological polar surface area (TPSA) is 54.9 Å². The maximum atomic E-state index is 12.3. The highest BCUT2D eigenvalue weighted by Crippen LogP contribution is 2.27. The van der Waals surface area contributed by atoms with Crippen molar-refractivity contribution >= 4 is 22.1 Å². The van der Waals surface area contributed by atoms with Crippen LogP contribution in [-0.4, -0.2) is 29.7 Å². The highest BCUT2D eigenvalue weighted by Gasteiger charge is 2.33. The van der Waals surface area contributed by atoms with E-state index in [2.05, 4.69) is 0 Å². The van der Waals surface area contributed by atoms with Crippen LogP contribution in [0.4, 0.5) is 13.2 Å². The van der Waals surface area contributed by atoms with Crippen molar-refractivity contribution in [2.75, 3.05) is 11.5 Å². The van der Waals surface area contributed by atoms with Crippen LogP contribution in [0.5, 0.6) is 0 Å². The van der Waals surface area contributed by atoms with Crippen molar-refractivity contribution in [3.8, 4) is 0 Å². The van der Waals surface area contributed by atoms with Crippen molar-refractivity contribution in [3.05, 3.63) is 16.4 Å². The summed E-state index contributed by atoms with van der Waals surface area (Å²) in [6, 6.07) is 0.772. The molecule has 0 atom stereocenters. The second kappa shape index (κ2) is 4.81. The lowest BCUT2D eigenvalue weighted by molar-refractivity contribution is -0.141. The summed E-state index contributed by atoms with van der Waals surface area (Å²) in [7, 11) is -3.23. The van der Waals surface area contributed by atoms with Gasteiger partial charge >= 0.3 is 6.18 Å². The quantitative estimate of drug-likeness (QED) is 0.862. The number of alkyl halides is 3. The van der Waals surface area contributed by atoms with Gasteiger partial charge in [0.25, 0.3) is 0 Å². The molecule has 4 nitrogen and oxygen atoms in total. The zero-order chi connectivity index (χ0) is 13.3. The summed E-state index contributed by atoms with van der Waals surface area (Å²) >= 11 is 4.70. The Hall–Kier alpha value is -0.830. The lowest BCUT2D eigenvalue weighted by Crippen LogP contribution is -2.16. The van der Waals surface area contributed by atoms with Gasteiger partial charge in [-0.25, -0.2) is 8.42 Å². The number of aryl methyl sites for hydroxylation is 1. The van der Waals surface area contributed by atoms with Gasteiger partial charge in [0.05, 0.1) is 12.3 Å². The van der Waals surface area contributed by atoms with Crippen molar-refractivity contribution in [2.24, 2.45) is 0 Å². The van der Waals surface area contributed by atoms with Crippen LogP contribution in [0.25, 0.3) is 0 Å². The van der Waals surface area contributed by atoms with Crippen LogP contribution in [0.15, 0.2) is 6.07 Å². The van der Waals surface area contributed by atoms with Crippen LogP contribution in [0.3, 0.4) is 0 Å². The largest absolute Gasteiger partial charge is 0.432 e. The molecular weight excluding hydrogens is 277 g/mol. The molecule has 0 spiro atoms. The van der Waals surface area contributed by atoms with Crippen LogP contribution in [-0.2, 0) is 22.6 Å². The Morgan fingerprint density at radius 1 is 1.47 bits per heavy atom. The molecule has 0 aliphatic carbocycles. The van der Waals surface area contributed by atoms with Gasteiger partial charge in [0.2, 0.25) is 0 Å². The standard InChI is InChI=1S/C8H11F3N2O2S2/c1-2-17(14,15)4-3-13-7(16)5-6(12-13)8(9,10)11/h5,12H,2-4H2,1H3. The van der Waals surface area contributed by atoms with Gasteiger partial charge in [0.1, 0.15) is 10.3 Å². The summed E-state index contributed by atoms with van der Waals surface area (Å²) in [6.45, 7) is 1.37. The predicted octanol–water partition coefficient (Wildman–Crippen LogP) is 2.00. The normalized spacial score (nSPS) is 12.9. The van der Waals surface area contributed by atoms with Gasteiger partial charge in [0.15, 0.2) is 9.84 Å². The predicted molar refractivity (Wildman–Crippen MR) is 58.9 cm³/mol. The Labute approximate surface area is 101 Å². The smallest absolute Gasteiger partial charge is 0.293 e. The number of rotatable bonds is 4. The first-order chi connectivity index (χ1) is 7.65. The summed E-state index contributed by atoms with van der Waals surface area (Å²) in [5.41, 5.74) is -0.976. The average Bonchev–Trinajstić information content (AvgIpc) is 2.57. The lowest BCUT2D eigenvalue weighted by atomic mass is 10.4. The number of hydrogen-bond donors (Lipinski definition) is 1. The van der Waals surface area contributed by atoms with Gasteiger partial charge in [0, 0.05) is 11.8 Å². The van der Waals surface area contributed by atoms with Crippen molar-refractivity contribution in [1.82, 2.24) is 9.78 Å². The second-order valence-electron chi connectivity index (χ2n) is 3.39. The molecule has 1 rings (SSSR count). The summed E-state index contributed by atoms with van der Waals surface area (Å²) in [4.78, 5) is 0. The average molecular weight is 288 g/mol. The van der Waals surface area contributed by atoms with E-state index >= 15 is 0 Å². The van der Waals surface area contributed by atoms with Crippen LogP contribution in [0.1, 0.15) is 12.6 Å². The molecule has 1 N–H and O–H groups in total. The molecule has 0 radical (unpaired) electrons. The Morgan fingerprint density at radius 2 is 2.06 bits per heavy atom. The first kappa shape index (κ1) is 14.2. The highest BCUT2D eigenvalue weighted by atomic mass is 32.2. The third-order valence-electron chi connectivity index (χ3n) is 2.16. The minimum atomic E-state index is -4.51. The van der Waals surface area contributed by atoms with E-state index in [1.807, 2.05) is 5.10 Å². The lowest BCUT2D eigenvalue weighted by Gasteiger charge is -2.05.